The third kappa shape index (κ3) is 3.06. The fourth-order valence-corrected chi connectivity index (χ4v) is 4.53. The molecule has 0 unspecified atom stereocenters. The first kappa shape index (κ1) is 15.9. The van der Waals surface area contributed by atoms with Crippen LogP contribution in [0.1, 0.15) is 12.5 Å². The Morgan fingerprint density at radius 1 is 1.19 bits per heavy atom. The average Bonchev–Trinajstić information content (AvgIpc) is 2.44. The molecule has 0 fully saturated rings. The van der Waals surface area contributed by atoms with Crippen molar-refractivity contribution in [3.05, 3.63) is 52.5 Å². The normalized spacial score (nSPS) is 11.4. The standard InChI is InChI=1S/C15H17BrN2O2S/c1-3-18(13-7-5-4-6-8-13)21(19,20)15-10-12(16)9-14(17)11(15)2/h4-10H,3,17H2,1-2H3. The van der Waals surface area contributed by atoms with Crippen molar-refractivity contribution in [3.63, 3.8) is 0 Å². The van der Waals surface area contributed by atoms with Gasteiger partial charge in [0.2, 0.25) is 0 Å². The molecule has 0 heterocycles. The molecule has 6 heteroatoms. The second kappa shape index (κ2) is 6.07. The van der Waals surface area contributed by atoms with E-state index in [1.54, 1.807) is 38.1 Å². The number of benzene rings is 2. The molecule has 2 aromatic rings. The van der Waals surface area contributed by atoms with Gasteiger partial charge in [0.1, 0.15) is 0 Å². The third-order valence-electron chi connectivity index (χ3n) is 3.26. The number of hydrogen-bond donors (Lipinski definition) is 1. The van der Waals surface area contributed by atoms with Crippen LogP contribution in [0.4, 0.5) is 11.4 Å². The summed E-state index contributed by atoms with van der Waals surface area (Å²) < 4.78 is 27.9. The zero-order valence-electron chi connectivity index (χ0n) is 11.9. The van der Waals surface area contributed by atoms with Crippen LogP contribution in [0.2, 0.25) is 0 Å². The van der Waals surface area contributed by atoms with Crippen LogP contribution >= 0.6 is 15.9 Å². The Morgan fingerprint density at radius 2 is 1.81 bits per heavy atom. The van der Waals surface area contributed by atoms with Crippen LogP contribution < -0.4 is 10.0 Å². The SMILES string of the molecule is CCN(c1ccccc1)S(=O)(=O)c1cc(Br)cc(N)c1C. The highest BCUT2D eigenvalue weighted by molar-refractivity contribution is 9.10. The average molecular weight is 369 g/mol. The minimum absolute atomic E-state index is 0.222. The maximum absolute atomic E-state index is 12.9. The van der Waals surface area contributed by atoms with Crippen LogP contribution in [0, 0.1) is 6.92 Å². The van der Waals surface area contributed by atoms with E-state index < -0.39 is 10.0 Å². The molecule has 2 N–H and O–H groups in total. The zero-order chi connectivity index (χ0) is 15.6. The van der Waals surface area contributed by atoms with E-state index in [9.17, 15) is 8.42 Å². The zero-order valence-corrected chi connectivity index (χ0v) is 14.3. The number of nitrogens with two attached hydrogens (primary N) is 1. The summed E-state index contributed by atoms with van der Waals surface area (Å²) in [5.41, 5.74) is 7.54. The molecule has 0 aliphatic rings. The predicted octanol–water partition coefficient (Wildman–Crippen LogP) is 3.55. The molecule has 112 valence electrons. The lowest BCUT2D eigenvalue weighted by atomic mass is 10.2. The van der Waals surface area contributed by atoms with Crippen molar-refractivity contribution in [2.45, 2.75) is 18.7 Å². The molecule has 0 aromatic heterocycles. The Hall–Kier alpha value is -1.53. The lowest BCUT2D eigenvalue weighted by Crippen LogP contribution is -2.31. The summed E-state index contributed by atoms with van der Waals surface area (Å²) in [5, 5.41) is 0. The molecule has 0 amide bonds. The van der Waals surface area contributed by atoms with Gasteiger partial charge in [0.15, 0.2) is 0 Å². The molecule has 0 saturated carbocycles. The topological polar surface area (TPSA) is 63.4 Å². The van der Waals surface area contributed by atoms with E-state index in [1.165, 1.54) is 4.31 Å². The van der Waals surface area contributed by atoms with Gasteiger partial charge in [-0.2, -0.15) is 0 Å². The van der Waals surface area contributed by atoms with Crippen LogP contribution in [-0.2, 0) is 10.0 Å². The highest BCUT2D eigenvalue weighted by Gasteiger charge is 2.26. The van der Waals surface area contributed by atoms with Gasteiger partial charge in [-0.1, -0.05) is 34.1 Å². The van der Waals surface area contributed by atoms with E-state index in [0.29, 0.717) is 28.0 Å². The highest BCUT2D eigenvalue weighted by atomic mass is 79.9. The first-order valence-corrected chi connectivity index (χ1v) is 8.74. The van der Waals surface area contributed by atoms with E-state index in [2.05, 4.69) is 15.9 Å². The Morgan fingerprint density at radius 3 is 2.38 bits per heavy atom. The van der Waals surface area contributed by atoms with Crippen LogP contribution in [-0.4, -0.2) is 15.0 Å². The van der Waals surface area contributed by atoms with E-state index in [0.717, 1.165) is 0 Å². The summed E-state index contributed by atoms with van der Waals surface area (Å²) in [6.45, 7) is 3.87. The smallest absolute Gasteiger partial charge is 0.264 e. The van der Waals surface area contributed by atoms with Crippen LogP contribution in [0.25, 0.3) is 0 Å². The summed E-state index contributed by atoms with van der Waals surface area (Å²) in [4.78, 5) is 0.222. The third-order valence-corrected chi connectivity index (χ3v) is 5.75. The molecule has 4 nitrogen and oxygen atoms in total. The van der Waals surface area contributed by atoms with Gasteiger partial charge in [0, 0.05) is 16.7 Å². The van der Waals surface area contributed by atoms with E-state index in [1.807, 2.05) is 18.2 Å². The fourth-order valence-electron chi connectivity index (χ4n) is 2.15. The Kier molecular flexibility index (Phi) is 4.58. The van der Waals surface area contributed by atoms with Gasteiger partial charge in [0.05, 0.1) is 10.6 Å². The molecular weight excluding hydrogens is 352 g/mol. The molecule has 0 radical (unpaired) electrons. The molecule has 0 spiro atoms. The lowest BCUT2D eigenvalue weighted by molar-refractivity contribution is 0.591. The van der Waals surface area contributed by atoms with Crippen molar-refractivity contribution >= 4 is 37.3 Å². The molecule has 0 atom stereocenters. The van der Waals surface area contributed by atoms with Crippen LogP contribution in [0.3, 0.4) is 0 Å². The van der Waals surface area contributed by atoms with Crippen molar-refractivity contribution in [2.75, 3.05) is 16.6 Å². The Balaban J connectivity index is 2.61. The second-order valence-electron chi connectivity index (χ2n) is 4.62. The Labute approximate surface area is 133 Å². The van der Waals surface area contributed by atoms with Gasteiger partial charge in [-0.3, -0.25) is 4.31 Å². The van der Waals surface area contributed by atoms with Crippen LogP contribution in [0.5, 0.6) is 0 Å². The van der Waals surface area contributed by atoms with E-state index in [4.69, 9.17) is 5.73 Å². The quantitative estimate of drug-likeness (QED) is 0.839. The van der Waals surface area contributed by atoms with Crippen molar-refractivity contribution in [2.24, 2.45) is 0 Å². The maximum Gasteiger partial charge on any atom is 0.264 e. The molecule has 2 aromatic carbocycles. The molecule has 0 saturated heterocycles. The summed E-state index contributed by atoms with van der Waals surface area (Å²) in [6, 6.07) is 12.3. The largest absolute Gasteiger partial charge is 0.398 e. The van der Waals surface area contributed by atoms with Gasteiger partial charge >= 0.3 is 0 Å². The van der Waals surface area contributed by atoms with Gasteiger partial charge in [0.25, 0.3) is 10.0 Å². The van der Waals surface area contributed by atoms with Gasteiger partial charge < -0.3 is 5.73 Å². The molecule has 21 heavy (non-hydrogen) atoms. The van der Waals surface area contributed by atoms with E-state index >= 15 is 0 Å². The van der Waals surface area contributed by atoms with Crippen molar-refractivity contribution in [3.8, 4) is 0 Å². The number of para-hydroxylation sites is 1. The van der Waals surface area contributed by atoms with Gasteiger partial charge in [-0.15, -0.1) is 0 Å². The van der Waals surface area contributed by atoms with Gasteiger partial charge in [-0.05, 0) is 43.7 Å². The van der Waals surface area contributed by atoms with Crippen molar-refractivity contribution in [1.82, 2.24) is 0 Å². The summed E-state index contributed by atoms with van der Waals surface area (Å²) >= 11 is 3.30. The molecule has 2 rings (SSSR count). The Bertz CT molecular complexity index is 746. The molecule has 0 bridgehead atoms. The number of halogens is 1. The number of nitrogens with zero attached hydrogens (tertiary/aromatic N) is 1. The monoisotopic (exact) mass is 368 g/mol. The maximum atomic E-state index is 12.9. The summed E-state index contributed by atoms with van der Waals surface area (Å²) in [6.07, 6.45) is 0. The minimum Gasteiger partial charge on any atom is -0.398 e. The van der Waals surface area contributed by atoms with E-state index in [-0.39, 0.29) is 4.90 Å². The van der Waals surface area contributed by atoms with Crippen molar-refractivity contribution < 1.29 is 8.42 Å². The highest BCUT2D eigenvalue weighted by Crippen LogP contribution is 2.30. The molecule has 0 aliphatic heterocycles. The number of sulfonamides is 1. The number of rotatable bonds is 4. The first-order chi connectivity index (χ1) is 9.87. The predicted molar refractivity (Wildman–Crippen MR) is 89.9 cm³/mol. The summed E-state index contributed by atoms with van der Waals surface area (Å²) in [7, 11) is -3.66. The lowest BCUT2D eigenvalue weighted by Gasteiger charge is -2.24. The van der Waals surface area contributed by atoms with Gasteiger partial charge in [-0.25, -0.2) is 8.42 Å². The number of nitrogen functional groups attached to an aromatic ring is 1. The second-order valence-corrected chi connectivity index (χ2v) is 7.37. The number of anilines is 2. The first-order valence-electron chi connectivity index (χ1n) is 6.51. The van der Waals surface area contributed by atoms with Crippen LogP contribution in [0.15, 0.2) is 51.8 Å². The minimum atomic E-state index is -3.66. The molecular formula is C15H17BrN2O2S. The van der Waals surface area contributed by atoms with Crippen molar-refractivity contribution in [1.29, 1.82) is 0 Å². The summed E-state index contributed by atoms with van der Waals surface area (Å²) in [5.74, 6) is 0. The number of hydrogen-bond acceptors (Lipinski definition) is 3. The fraction of sp³-hybridized carbons (Fsp3) is 0.200. The molecule has 0 aliphatic carbocycles.